The third kappa shape index (κ3) is 4.95. The average molecular weight is 383 g/mol. The minimum Gasteiger partial charge on any atom is -0.497 e. The molecule has 2 aromatic carbocycles. The number of hydrogen-bond acceptors (Lipinski definition) is 5. The highest BCUT2D eigenvalue weighted by Crippen LogP contribution is 2.22. The van der Waals surface area contributed by atoms with E-state index < -0.39 is 0 Å². The Kier molecular flexibility index (Phi) is 5.88. The van der Waals surface area contributed by atoms with Gasteiger partial charge in [0, 0.05) is 17.3 Å². The number of aromatic nitrogens is 2. The highest BCUT2D eigenvalue weighted by molar-refractivity contribution is 6.30. The number of methoxy groups -OCH3 is 1. The number of amides is 1. The van der Waals surface area contributed by atoms with Crippen molar-refractivity contribution in [1.29, 1.82) is 0 Å². The van der Waals surface area contributed by atoms with Crippen LogP contribution in [-0.2, 0) is 6.54 Å². The van der Waals surface area contributed by atoms with Gasteiger partial charge >= 0.3 is 0 Å². The molecule has 0 bridgehead atoms. The Morgan fingerprint density at radius 1 is 1.11 bits per heavy atom. The summed E-state index contributed by atoms with van der Waals surface area (Å²) < 4.78 is 5.11. The lowest BCUT2D eigenvalue weighted by Gasteiger charge is -2.09. The van der Waals surface area contributed by atoms with Crippen LogP contribution < -0.4 is 15.4 Å². The fraction of sp³-hybridized carbons (Fsp3) is 0.150. The molecule has 3 rings (SSSR count). The number of carbonyl (C=O) groups is 1. The number of rotatable bonds is 6. The van der Waals surface area contributed by atoms with Crippen molar-refractivity contribution in [2.45, 2.75) is 13.5 Å². The number of hydrogen-bond donors (Lipinski definition) is 2. The first-order valence-corrected chi connectivity index (χ1v) is 8.69. The SMILES string of the molecule is COc1ccc(CNC(=O)c2cnc(Nc3ccc(Cl)cc3C)cn2)cc1. The van der Waals surface area contributed by atoms with Crippen LogP contribution in [0.4, 0.5) is 11.5 Å². The van der Waals surface area contributed by atoms with E-state index in [9.17, 15) is 4.79 Å². The topological polar surface area (TPSA) is 76.1 Å². The highest BCUT2D eigenvalue weighted by atomic mass is 35.5. The maximum atomic E-state index is 12.2. The van der Waals surface area contributed by atoms with Crippen molar-refractivity contribution in [3.63, 3.8) is 0 Å². The van der Waals surface area contributed by atoms with E-state index in [1.807, 2.05) is 43.3 Å². The number of halogens is 1. The molecule has 1 aromatic heterocycles. The number of nitrogens with zero attached hydrogens (tertiary/aromatic N) is 2. The molecule has 6 nitrogen and oxygen atoms in total. The lowest BCUT2D eigenvalue weighted by atomic mass is 10.2. The van der Waals surface area contributed by atoms with Gasteiger partial charge in [0.05, 0.1) is 19.5 Å². The summed E-state index contributed by atoms with van der Waals surface area (Å²) in [6, 6.07) is 13.0. The maximum Gasteiger partial charge on any atom is 0.271 e. The number of ether oxygens (including phenoxy) is 1. The quantitative estimate of drug-likeness (QED) is 0.670. The predicted molar refractivity (Wildman–Crippen MR) is 106 cm³/mol. The molecule has 1 amide bonds. The van der Waals surface area contributed by atoms with E-state index in [4.69, 9.17) is 16.3 Å². The van der Waals surface area contributed by atoms with Crippen LogP contribution in [0, 0.1) is 6.92 Å². The molecule has 0 fully saturated rings. The van der Waals surface area contributed by atoms with Crippen LogP contribution in [-0.4, -0.2) is 23.0 Å². The van der Waals surface area contributed by atoms with E-state index in [0.717, 1.165) is 22.6 Å². The van der Waals surface area contributed by atoms with Crippen molar-refractivity contribution in [2.24, 2.45) is 0 Å². The minimum absolute atomic E-state index is 0.252. The Morgan fingerprint density at radius 2 is 1.89 bits per heavy atom. The molecule has 3 aromatic rings. The Labute approximate surface area is 162 Å². The summed E-state index contributed by atoms with van der Waals surface area (Å²) in [5.41, 5.74) is 3.09. The monoisotopic (exact) mass is 382 g/mol. The zero-order valence-electron chi connectivity index (χ0n) is 15.0. The summed E-state index contributed by atoms with van der Waals surface area (Å²) in [4.78, 5) is 20.7. The summed E-state index contributed by atoms with van der Waals surface area (Å²) >= 11 is 5.96. The van der Waals surface area contributed by atoms with E-state index in [-0.39, 0.29) is 11.6 Å². The third-order valence-electron chi connectivity index (χ3n) is 3.95. The van der Waals surface area contributed by atoms with Crippen molar-refractivity contribution in [3.8, 4) is 5.75 Å². The second-order valence-electron chi connectivity index (χ2n) is 5.90. The van der Waals surface area contributed by atoms with Crippen molar-refractivity contribution in [3.05, 3.63) is 76.7 Å². The molecule has 2 N–H and O–H groups in total. The van der Waals surface area contributed by atoms with Crippen LogP contribution in [0.3, 0.4) is 0 Å². The number of benzene rings is 2. The van der Waals surface area contributed by atoms with E-state index in [2.05, 4.69) is 20.6 Å². The molecule has 138 valence electrons. The fourth-order valence-corrected chi connectivity index (χ4v) is 2.66. The van der Waals surface area contributed by atoms with Gasteiger partial charge in [-0.2, -0.15) is 0 Å². The molecular formula is C20H19ClN4O2. The molecule has 0 atom stereocenters. The predicted octanol–water partition coefficient (Wildman–Crippen LogP) is 4.12. The highest BCUT2D eigenvalue weighted by Gasteiger charge is 2.08. The maximum absolute atomic E-state index is 12.2. The van der Waals surface area contributed by atoms with Crippen LogP contribution in [0.2, 0.25) is 5.02 Å². The van der Waals surface area contributed by atoms with E-state index in [1.165, 1.54) is 12.4 Å². The molecule has 0 saturated carbocycles. The summed E-state index contributed by atoms with van der Waals surface area (Å²) in [6.45, 7) is 2.34. The van der Waals surface area contributed by atoms with E-state index in [0.29, 0.717) is 17.4 Å². The number of carbonyl (C=O) groups excluding carboxylic acids is 1. The minimum atomic E-state index is -0.285. The van der Waals surface area contributed by atoms with E-state index in [1.54, 1.807) is 13.2 Å². The van der Waals surface area contributed by atoms with Crippen LogP contribution in [0.25, 0.3) is 0 Å². The molecule has 0 radical (unpaired) electrons. The molecule has 0 aliphatic rings. The average Bonchev–Trinajstić information content (AvgIpc) is 2.69. The largest absolute Gasteiger partial charge is 0.497 e. The van der Waals surface area contributed by atoms with Gasteiger partial charge in [-0.15, -0.1) is 0 Å². The van der Waals surface area contributed by atoms with Gasteiger partial charge in [-0.25, -0.2) is 9.97 Å². The van der Waals surface area contributed by atoms with Gasteiger partial charge in [-0.1, -0.05) is 23.7 Å². The molecule has 0 saturated heterocycles. The first-order valence-electron chi connectivity index (χ1n) is 8.31. The van der Waals surface area contributed by atoms with Gasteiger partial charge < -0.3 is 15.4 Å². The van der Waals surface area contributed by atoms with Crippen molar-refractivity contribution in [2.75, 3.05) is 12.4 Å². The Hall–Kier alpha value is -3.12. The summed E-state index contributed by atoms with van der Waals surface area (Å²) in [6.07, 6.45) is 2.97. The molecule has 0 aliphatic carbocycles. The third-order valence-corrected chi connectivity index (χ3v) is 4.18. The first-order chi connectivity index (χ1) is 13.0. The molecule has 0 unspecified atom stereocenters. The number of nitrogens with one attached hydrogen (secondary N) is 2. The smallest absolute Gasteiger partial charge is 0.271 e. The van der Waals surface area contributed by atoms with Crippen molar-refractivity contribution >= 4 is 29.0 Å². The van der Waals surface area contributed by atoms with Gasteiger partial charge in [0.15, 0.2) is 0 Å². The summed E-state index contributed by atoms with van der Waals surface area (Å²) in [7, 11) is 1.61. The molecule has 27 heavy (non-hydrogen) atoms. The molecular weight excluding hydrogens is 364 g/mol. The van der Waals surface area contributed by atoms with Crippen LogP contribution in [0.15, 0.2) is 54.9 Å². The van der Waals surface area contributed by atoms with Gasteiger partial charge in [-0.05, 0) is 48.4 Å². The van der Waals surface area contributed by atoms with Gasteiger partial charge in [0.25, 0.3) is 5.91 Å². The molecule has 7 heteroatoms. The Morgan fingerprint density at radius 3 is 2.52 bits per heavy atom. The standard InChI is InChI=1S/C20H19ClN4O2/c1-13-9-15(21)5-8-17(13)25-19-12-22-18(11-23-19)20(26)24-10-14-3-6-16(27-2)7-4-14/h3-9,11-12H,10H2,1-2H3,(H,23,25)(H,24,26). The van der Waals surface area contributed by atoms with Gasteiger partial charge in [0.1, 0.15) is 17.3 Å². The fourth-order valence-electron chi connectivity index (χ4n) is 2.43. The zero-order chi connectivity index (χ0) is 19.2. The zero-order valence-corrected chi connectivity index (χ0v) is 15.7. The van der Waals surface area contributed by atoms with Crippen LogP contribution >= 0.6 is 11.6 Å². The lowest BCUT2D eigenvalue weighted by Crippen LogP contribution is -2.24. The second-order valence-corrected chi connectivity index (χ2v) is 6.34. The summed E-state index contributed by atoms with van der Waals surface area (Å²) in [5.74, 6) is 1.04. The van der Waals surface area contributed by atoms with Crippen molar-refractivity contribution in [1.82, 2.24) is 15.3 Å². The molecule has 1 heterocycles. The van der Waals surface area contributed by atoms with Gasteiger partial charge in [-0.3, -0.25) is 4.79 Å². The van der Waals surface area contributed by atoms with Crippen molar-refractivity contribution < 1.29 is 9.53 Å². The number of aryl methyl sites for hydroxylation is 1. The summed E-state index contributed by atoms with van der Waals surface area (Å²) in [5, 5.41) is 6.65. The van der Waals surface area contributed by atoms with Gasteiger partial charge in [0.2, 0.25) is 0 Å². The molecule has 0 aliphatic heterocycles. The first kappa shape index (κ1) is 18.7. The lowest BCUT2D eigenvalue weighted by molar-refractivity contribution is 0.0945. The second kappa shape index (κ2) is 8.51. The van der Waals surface area contributed by atoms with Crippen LogP contribution in [0.1, 0.15) is 21.6 Å². The number of anilines is 2. The Balaban J connectivity index is 1.59. The van der Waals surface area contributed by atoms with E-state index >= 15 is 0 Å². The van der Waals surface area contributed by atoms with Crippen LogP contribution in [0.5, 0.6) is 5.75 Å². The Bertz CT molecular complexity index is 928. The normalized spacial score (nSPS) is 10.3. The molecule has 0 spiro atoms.